The molecule has 0 radical (unpaired) electrons. The van der Waals surface area contributed by atoms with Crippen LogP contribution in [0.5, 0.6) is 0 Å². The molecule has 2 unspecified atom stereocenters. The van der Waals surface area contributed by atoms with Gasteiger partial charge in [0, 0.05) is 12.6 Å². The lowest BCUT2D eigenvalue weighted by Crippen LogP contribution is -2.44. The molecule has 1 aromatic rings. The molecule has 1 aliphatic heterocycles. The number of amides is 1. The van der Waals surface area contributed by atoms with Crippen molar-refractivity contribution in [2.24, 2.45) is 17.4 Å². The summed E-state index contributed by atoms with van der Waals surface area (Å²) in [6.45, 7) is 4.90. The largest absolute Gasteiger partial charge is 0.368 e. The summed E-state index contributed by atoms with van der Waals surface area (Å²) in [6.07, 6.45) is 5.27. The Balaban J connectivity index is 1.99. The molecule has 4 N–H and O–H groups in total. The number of piperidine rings is 1. The first-order valence-corrected chi connectivity index (χ1v) is 7.21. The Morgan fingerprint density at radius 1 is 1.55 bits per heavy atom. The average Bonchev–Trinajstić information content (AvgIpc) is 2.80. The first-order chi connectivity index (χ1) is 9.60. The Hall–Kier alpha value is -1.47. The molecule has 1 fully saturated rings. The lowest BCUT2D eigenvalue weighted by molar-refractivity contribution is -0.118. The fourth-order valence-electron chi connectivity index (χ4n) is 3.02. The van der Waals surface area contributed by atoms with Crippen LogP contribution in [0.3, 0.4) is 0 Å². The summed E-state index contributed by atoms with van der Waals surface area (Å²) in [5, 5.41) is 8.04. The van der Waals surface area contributed by atoms with E-state index in [2.05, 4.69) is 22.1 Å². The summed E-state index contributed by atoms with van der Waals surface area (Å²) >= 11 is 0. The fraction of sp³-hybridized carbons (Fsp3) is 0.769. The number of aromatic nitrogens is 3. The van der Waals surface area contributed by atoms with Crippen LogP contribution in [-0.4, -0.2) is 44.9 Å². The van der Waals surface area contributed by atoms with Crippen LogP contribution in [0.1, 0.15) is 31.9 Å². The minimum absolute atomic E-state index is 0.0790. The van der Waals surface area contributed by atoms with Crippen molar-refractivity contribution < 1.29 is 4.79 Å². The van der Waals surface area contributed by atoms with Crippen LogP contribution in [0.25, 0.3) is 0 Å². The summed E-state index contributed by atoms with van der Waals surface area (Å²) in [5.41, 5.74) is 11.7. The van der Waals surface area contributed by atoms with Crippen molar-refractivity contribution in [3.05, 3.63) is 11.9 Å². The second kappa shape index (κ2) is 6.81. The predicted molar refractivity (Wildman–Crippen MR) is 75.5 cm³/mol. The Morgan fingerprint density at radius 2 is 2.35 bits per heavy atom. The molecule has 1 aromatic heterocycles. The molecule has 0 aliphatic carbocycles. The van der Waals surface area contributed by atoms with Gasteiger partial charge in [0.15, 0.2) is 0 Å². The number of likely N-dealkylation sites (tertiary alicyclic amines) is 1. The van der Waals surface area contributed by atoms with Crippen molar-refractivity contribution in [3.63, 3.8) is 0 Å². The van der Waals surface area contributed by atoms with E-state index < -0.39 is 5.91 Å². The van der Waals surface area contributed by atoms with Crippen LogP contribution in [-0.2, 0) is 17.9 Å². The van der Waals surface area contributed by atoms with Crippen molar-refractivity contribution >= 4 is 5.91 Å². The van der Waals surface area contributed by atoms with Gasteiger partial charge in [-0.1, -0.05) is 12.1 Å². The number of hydrogen-bond donors (Lipinski definition) is 2. The number of carbonyl (C=O) groups is 1. The molecule has 0 saturated carbocycles. The van der Waals surface area contributed by atoms with E-state index in [1.165, 1.54) is 17.5 Å². The highest BCUT2D eigenvalue weighted by Crippen LogP contribution is 2.26. The highest BCUT2D eigenvalue weighted by Gasteiger charge is 2.28. The molecule has 20 heavy (non-hydrogen) atoms. The summed E-state index contributed by atoms with van der Waals surface area (Å²) in [6, 6.07) is 0.509. The number of primary amides is 1. The van der Waals surface area contributed by atoms with Gasteiger partial charge in [-0.05, 0) is 38.3 Å². The topological polar surface area (TPSA) is 103 Å². The van der Waals surface area contributed by atoms with Gasteiger partial charge >= 0.3 is 0 Å². The van der Waals surface area contributed by atoms with Gasteiger partial charge in [-0.25, -0.2) is 4.68 Å². The minimum Gasteiger partial charge on any atom is -0.368 e. The summed E-state index contributed by atoms with van der Waals surface area (Å²) < 4.78 is 1.49. The zero-order chi connectivity index (χ0) is 14.5. The first-order valence-electron chi connectivity index (χ1n) is 7.21. The summed E-state index contributed by atoms with van der Waals surface area (Å²) in [5.74, 6) is 0.252. The number of rotatable bonds is 6. The number of nitrogens with two attached hydrogens (primary N) is 2. The second-order valence-electron chi connectivity index (χ2n) is 5.61. The van der Waals surface area contributed by atoms with Crippen LogP contribution >= 0.6 is 0 Å². The molecule has 0 aromatic carbocycles. The summed E-state index contributed by atoms with van der Waals surface area (Å²) in [4.78, 5) is 13.3. The maximum absolute atomic E-state index is 10.9. The van der Waals surface area contributed by atoms with E-state index >= 15 is 0 Å². The molecule has 1 amide bonds. The predicted octanol–water partition coefficient (Wildman–Crippen LogP) is -0.287. The van der Waals surface area contributed by atoms with Crippen molar-refractivity contribution in [1.82, 2.24) is 19.9 Å². The molecule has 1 aliphatic rings. The number of hydrogen-bond acceptors (Lipinski definition) is 5. The van der Waals surface area contributed by atoms with E-state index in [0.717, 1.165) is 25.2 Å². The van der Waals surface area contributed by atoms with E-state index in [0.29, 0.717) is 18.5 Å². The Morgan fingerprint density at radius 3 is 3.05 bits per heavy atom. The Labute approximate surface area is 119 Å². The third kappa shape index (κ3) is 3.77. The maximum atomic E-state index is 10.9. The van der Waals surface area contributed by atoms with Crippen LogP contribution in [0, 0.1) is 5.92 Å². The van der Waals surface area contributed by atoms with E-state index in [-0.39, 0.29) is 6.54 Å². The fourth-order valence-corrected chi connectivity index (χ4v) is 3.02. The highest BCUT2D eigenvalue weighted by molar-refractivity contribution is 5.73. The van der Waals surface area contributed by atoms with E-state index in [4.69, 9.17) is 11.5 Å². The molecule has 2 rings (SSSR count). The van der Waals surface area contributed by atoms with Gasteiger partial charge in [0.05, 0.1) is 11.9 Å². The third-order valence-electron chi connectivity index (χ3n) is 3.96. The normalized spacial score (nSPS) is 23.9. The third-order valence-corrected chi connectivity index (χ3v) is 3.96. The van der Waals surface area contributed by atoms with Crippen molar-refractivity contribution in [2.45, 2.75) is 45.3 Å². The van der Waals surface area contributed by atoms with Gasteiger partial charge in [-0.15, -0.1) is 5.10 Å². The summed E-state index contributed by atoms with van der Waals surface area (Å²) in [7, 11) is 0. The quantitative estimate of drug-likeness (QED) is 0.745. The van der Waals surface area contributed by atoms with Crippen LogP contribution in [0.15, 0.2) is 6.20 Å². The van der Waals surface area contributed by atoms with Crippen LogP contribution in [0.2, 0.25) is 0 Å². The van der Waals surface area contributed by atoms with Crippen LogP contribution < -0.4 is 11.5 Å². The van der Waals surface area contributed by atoms with Gasteiger partial charge in [-0.3, -0.25) is 9.69 Å². The standard InChI is InChI=1S/C13H24N6O/c1-10-3-2-6-18(12(10)4-5-14)7-11-8-19(17-16-11)9-13(15)20/h8,10,12H,2-7,9,14H2,1H3,(H2,15,20). The Bertz CT molecular complexity index is 446. The van der Waals surface area contributed by atoms with Gasteiger partial charge in [-0.2, -0.15) is 0 Å². The smallest absolute Gasteiger partial charge is 0.239 e. The maximum Gasteiger partial charge on any atom is 0.239 e. The SMILES string of the molecule is CC1CCCN(Cc2cn(CC(N)=O)nn2)C1CCN. The van der Waals surface area contributed by atoms with Crippen molar-refractivity contribution in [2.75, 3.05) is 13.1 Å². The van der Waals surface area contributed by atoms with E-state index in [9.17, 15) is 4.79 Å². The van der Waals surface area contributed by atoms with E-state index in [1.54, 1.807) is 6.20 Å². The molecule has 7 heteroatoms. The number of nitrogens with zero attached hydrogens (tertiary/aromatic N) is 4. The second-order valence-corrected chi connectivity index (χ2v) is 5.61. The van der Waals surface area contributed by atoms with Gasteiger partial charge < -0.3 is 11.5 Å². The number of carbonyl (C=O) groups excluding carboxylic acids is 1. The van der Waals surface area contributed by atoms with Crippen molar-refractivity contribution in [3.8, 4) is 0 Å². The lowest BCUT2D eigenvalue weighted by atomic mass is 9.88. The molecule has 1 saturated heterocycles. The molecule has 7 nitrogen and oxygen atoms in total. The molecular weight excluding hydrogens is 256 g/mol. The monoisotopic (exact) mass is 280 g/mol. The Kier molecular flexibility index (Phi) is 5.08. The highest BCUT2D eigenvalue weighted by atomic mass is 16.1. The zero-order valence-corrected chi connectivity index (χ0v) is 12.0. The van der Waals surface area contributed by atoms with Gasteiger partial charge in [0.25, 0.3) is 0 Å². The zero-order valence-electron chi connectivity index (χ0n) is 12.0. The minimum atomic E-state index is -0.408. The van der Waals surface area contributed by atoms with Gasteiger partial charge in [0.1, 0.15) is 6.54 Å². The molecule has 0 bridgehead atoms. The molecule has 2 atom stereocenters. The van der Waals surface area contributed by atoms with Crippen LogP contribution in [0.4, 0.5) is 0 Å². The van der Waals surface area contributed by atoms with Crippen molar-refractivity contribution in [1.29, 1.82) is 0 Å². The lowest BCUT2D eigenvalue weighted by Gasteiger charge is -2.39. The molecule has 2 heterocycles. The average molecular weight is 280 g/mol. The molecular formula is C13H24N6O. The van der Waals surface area contributed by atoms with E-state index in [1.807, 2.05) is 0 Å². The van der Waals surface area contributed by atoms with Gasteiger partial charge in [0.2, 0.25) is 5.91 Å². The molecule has 0 spiro atoms. The first kappa shape index (κ1) is 14.9. The molecule has 112 valence electrons.